The molecule has 2 nitrogen and oxygen atoms in total. The molecule has 0 spiro atoms. The van der Waals surface area contributed by atoms with Crippen LogP contribution in [0.5, 0.6) is 0 Å². The molecule has 1 aromatic heterocycles. The summed E-state index contributed by atoms with van der Waals surface area (Å²) in [6, 6.07) is 17.3. The SMILES string of the molecule is CNCC(Cc1cc2cccc(F)c2o1)c1ccccc1. The highest BCUT2D eigenvalue weighted by Gasteiger charge is 2.15. The largest absolute Gasteiger partial charge is 0.458 e. The Morgan fingerprint density at radius 3 is 2.62 bits per heavy atom. The number of benzene rings is 2. The van der Waals surface area contributed by atoms with Crippen LogP contribution in [-0.4, -0.2) is 13.6 Å². The average molecular weight is 283 g/mol. The molecule has 0 fully saturated rings. The second-order valence-electron chi connectivity index (χ2n) is 5.24. The Balaban J connectivity index is 1.89. The Morgan fingerprint density at radius 1 is 1.10 bits per heavy atom. The molecule has 0 amide bonds. The van der Waals surface area contributed by atoms with Gasteiger partial charge in [-0.05, 0) is 24.7 Å². The molecule has 3 rings (SSSR count). The third-order valence-electron chi connectivity index (χ3n) is 3.72. The van der Waals surface area contributed by atoms with E-state index in [1.165, 1.54) is 11.6 Å². The first-order chi connectivity index (χ1) is 10.3. The van der Waals surface area contributed by atoms with Crippen LogP contribution in [0.1, 0.15) is 17.2 Å². The topological polar surface area (TPSA) is 25.2 Å². The van der Waals surface area contributed by atoms with Gasteiger partial charge in [-0.15, -0.1) is 0 Å². The fourth-order valence-corrected chi connectivity index (χ4v) is 2.70. The summed E-state index contributed by atoms with van der Waals surface area (Å²) < 4.78 is 19.4. The summed E-state index contributed by atoms with van der Waals surface area (Å²) in [5.74, 6) is 0.822. The second kappa shape index (κ2) is 6.10. The zero-order chi connectivity index (χ0) is 14.7. The summed E-state index contributed by atoms with van der Waals surface area (Å²) in [6.45, 7) is 0.851. The van der Waals surface area contributed by atoms with Crippen molar-refractivity contribution in [3.8, 4) is 0 Å². The molecule has 0 bridgehead atoms. The zero-order valence-electron chi connectivity index (χ0n) is 12.0. The summed E-state index contributed by atoms with van der Waals surface area (Å²) in [4.78, 5) is 0. The summed E-state index contributed by atoms with van der Waals surface area (Å²) in [5.41, 5.74) is 1.61. The van der Waals surface area contributed by atoms with E-state index < -0.39 is 0 Å². The third-order valence-corrected chi connectivity index (χ3v) is 3.72. The molecular formula is C18H18FNO. The lowest BCUT2D eigenvalue weighted by atomic mass is 9.94. The smallest absolute Gasteiger partial charge is 0.169 e. The lowest BCUT2D eigenvalue weighted by Crippen LogP contribution is -2.18. The predicted molar refractivity (Wildman–Crippen MR) is 83.0 cm³/mol. The molecular weight excluding hydrogens is 265 g/mol. The molecule has 0 aliphatic carbocycles. The minimum Gasteiger partial charge on any atom is -0.458 e. The molecule has 1 heterocycles. The Labute approximate surface area is 123 Å². The van der Waals surface area contributed by atoms with Gasteiger partial charge in [0.05, 0.1) is 0 Å². The second-order valence-corrected chi connectivity index (χ2v) is 5.24. The number of fused-ring (bicyclic) bond motifs is 1. The van der Waals surface area contributed by atoms with Crippen LogP contribution < -0.4 is 5.32 Å². The summed E-state index contributed by atoms with van der Waals surface area (Å²) >= 11 is 0. The van der Waals surface area contributed by atoms with E-state index in [0.29, 0.717) is 11.5 Å². The van der Waals surface area contributed by atoms with Gasteiger partial charge in [0, 0.05) is 24.3 Å². The number of nitrogens with one attached hydrogen (secondary N) is 1. The highest BCUT2D eigenvalue weighted by Crippen LogP contribution is 2.26. The zero-order valence-corrected chi connectivity index (χ0v) is 12.0. The molecule has 0 saturated carbocycles. The van der Waals surface area contributed by atoms with E-state index in [0.717, 1.165) is 24.1 Å². The quantitative estimate of drug-likeness (QED) is 0.762. The van der Waals surface area contributed by atoms with Gasteiger partial charge in [0.1, 0.15) is 5.76 Å². The molecule has 3 heteroatoms. The molecule has 108 valence electrons. The Hall–Kier alpha value is -2.13. The maximum atomic E-state index is 13.7. The molecule has 0 aliphatic heterocycles. The normalized spacial score (nSPS) is 12.7. The number of halogens is 1. The first kappa shape index (κ1) is 13.8. The average Bonchev–Trinajstić information content (AvgIpc) is 2.92. The fourth-order valence-electron chi connectivity index (χ4n) is 2.70. The Kier molecular flexibility index (Phi) is 4.02. The molecule has 2 aromatic carbocycles. The number of hydrogen-bond acceptors (Lipinski definition) is 2. The van der Waals surface area contributed by atoms with Crippen molar-refractivity contribution in [2.24, 2.45) is 0 Å². The van der Waals surface area contributed by atoms with Gasteiger partial charge in [0.2, 0.25) is 0 Å². The van der Waals surface area contributed by atoms with Crippen LogP contribution in [0.3, 0.4) is 0 Å². The van der Waals surface area contributed by atoms with E-state index in [1.807, 2.05) is 37.4 Å². The van der Waals surface area contributed by atoms with Crippen molar-refractivity contribution >= 4 is 11.0 Å². The fraction of sp³-hybridized carbons (Fsp3) is 0.222. The van der Waals surface area contributed by atoms with Crippen LogP contribution in [0.15, 0.2) is 59.0 Å². The van der Waals surface area contributed by atoms with E-state index in [2.05, 4.69) is 17.4 Å². The number of likely N-dealkylation sites (N-methyl/N-ethyl adjacent to an activating group) is 1. The molecule has 1 atom stereocenters. The summed E-state index contributed by atoms with van der Waals surface area (Å²) in [6.07, 6.45) is 0.749. The highest BCUT2D eigenvalue weighted by molar-refractivity contribution is 5.78. The van der Waals surface area contributed by atoms with Crippen molar-refractivity contribution in [3.63, 3.8) is 0 Å². The van der Waals surface area contributed by atoms with Gasteiger partial charge < -0.3 is 9.73 Å². The Bertz CT molecular complexity index is 720. The highest BCUT2D eigenvalue weighted by atomic mass is 19.1. The molecule has 0 saturated heterocycles. The van der Waals surface area contributed by atoms with Crippen LogP contribution in [0, 0.1) is 5.82 Å². The minimum absolute atomic E-state index is 0.302. The number of rotatable bonds is 5. The van der Waals surface area contributed by atoms with E-state index in [4.69, 9.17) is 4.42 Å². The monoisotopic (exact) mass is 283 g/mol. The van der Waals surface area contributed by atoms with Gasteiger partial charge in [0.15, 0.2) is 11.4 Å². The summed E-state index contributed by atoms with van der Waals surface area (Å²) in [7, 11) is 1.94. The third kappa shape index (κ3) is 2.98. The lowest BCUT2D eigenvalue weighted by molar-refractivity contribution is 0.490. The van der Waals surface area contributed by atoms with Gasteiger partial charge in [-0.3, -0.25) is 0 Å². The first-order valence-corrected chi connectivity index (χ1v) is 7.14. The van der Waals surface area contributed by atoms with E-state index in [9.17, 15) is 4.39 Å². The number of para-hydroxylation sites is 1. The van der Waals surface area contributed by atoms with Crippen LogP contribution in [0.2, 0.25) is 0 Å². The van der Waals surface area contributed by atoms with Crippen molar-refractivity contribution in [1.29, 1.82) is 0 Å². The van der Waals surface area contributed by atoms with Crippen molar-refractivity contribution in [2.75, 3.05) is 13.6 Å². The van der Waals surface area contributed by atoms with Crippen molar-refractivity contribution in [2.45, 2.75) is 12.3 Å². The van der Waals surface area contributed by atoms with Crippen molar-refractivity contribution < 1.29 is 8.81 Å². The molecule has 1 unspecified atom stereocenters. The van der Waals surface area contributed by atoms with Crippen molar-refractivity contribution in [3.05, 3.63) is 71.7 Å². The van der Waals surface area contributed by atoms with Gasteiger partial charge in [-0.2, -0.15) is 0 Å². The van der Waals surface area contributed by atoms with Crippen molar-refractivity contribution in [1.82, 2.24) is 5.32 Å². The van der Waals surface area contributed by atoms with E-state index >= 15 is 0 Å². The van der Waals surface area contributed by atoms with E-state index in [1.54, 1.807) is 6.07 Å². The Morgan fingerprint density at radius 2 is 1.90 bits per heavy atom. The number of furan rings is 1. The van der Waals surface area contributed by atoms with Crippen LogP contribution in [0.4, 0.5) is 4.39 Å². The molecule has 3 aromatic rings. The standard InChI is InChI=1S/C18H18FNO/c1-20-12-15(13-6-3-2-4-7-13)11-16-10-14-8-5-9-17(19)18(14)21-16/h2-10,15,20H,11-12H2,1H3. The van der Waals surface area contributed by atoms with Gasteiger partial charge in [-0.25, -0.2) is 4.39 Å². The first-order valence-electron chi connectivity index (χ1n) is 7.14. The maximum absolute atomic E-state index is 13.7. The molecule has 0 aliphatic rings. The molecule has 1 N–H and O–H groups in total. The lowest BCUT2D eigenvalue weighted by Gasteiger charge is -2.15. The van der Waals surface area contributed by atoms with Gasteiger partial charge in [0.25, 0.3) is 0 Å². The predicted octanol–water partition coefficient (Wildman–Crippen LogP) is 4.12. The maximum Gasteiger partial charge on any atom is 0.169 e. The van der Waals surface area contributed by atoms with E-state index in [-0.39, 0.29) is 5.82 Å². The van der Waals surface area contributed by atoms with Gasteiger partial charge >= 0.3 is 0 Å². The van der Waals surface area contributed by atoms with Crippen LogP contribution in [-0.2, 0) is 6.42 Å². The van der Waals surface area contributed by atoms with Gasteiger partial charge in [-0.1, -0.05) is 42.5 Å². The molecule has 0 radical (unpaired) electrons. The minimum atomic E-state index is -0.302. The van der Waals surface area contributed by atoms with Crippen LogP contribution >= 0.6 is 0 Å². The molecule has 21 heavy (non-hydrogen) atoms. The number of hydrogen-bond donors (Lipinski definition) is 1. The summed E-state index contributed by atoms with van der Waals surface area (Å²) in [5, 5.41) is 4.04. The van der Waals surface area contributed by atoms with Crippen LogP contribution in [0.25, 0.3) is 11.0 Å².